The molecule has 0 spiro atoms. The van der Waals surface area contributed by atoms with Crippen molar-refractivity contribution in [2.75, 3.05) is 6.61 Å². The van der Waals surface area contributed by atoms with E-state index in [9.17, 15) is 19.5 Å². The van der Waals surface area contributed by atoms with E-state index in [0.29, 0.717) is 16.9 Å². The molecule has 0 aromatic heterocycles. The number of rotatable bonds is 8. The molecule has 0 radical (unpaired) electrons. The van der Waals surface area contributed by atoms with Crippen LogP contribution in [0.5, 0.6) is 5.75 Å². The number of carbonyl (C=O) groups is 3. The first-order chi connectivity index (χ1) is 14.0. The van der Waals surface area contributed by atoms with Gasteiger partial charge in [0.1, 0.15) is 16.9 Å². The second-order valence-corrected chi connectivity index (χ2v) is 8.17. The highest BCUT2D eigenvalue weighted by Crippen LogP contribution is 2.20. The molecule has 160 valence electrons. The minimum absolute atomic E-state index is 0.00536. The number of ether oxygens (including phenoxy) is 2. The first-order valence-corrected chi connectivity index (χ1v) is 9.53. The molecule has 2 aromatic carbocycles. The molecule has 0 aliphatic carbocycles. The predicted molar refractivity (Wildman–Crippen MR) is 112 cm³/mol. The summed E-state index contributed by atoms with van der Waals surface area (Å²) >= 11 is 0. The number of ketones is 1. The molecule has 2 aromatic rings. The van der Waals surface area contributed by atoms with Crippen LogP contribution < -0.4 is 10.1 Å². The topological polar surface area (TPSA) is 102 Å². The van der Waals surface area contributed by atoms with Crippen molar-refractivity contribution in [3.05, 3.63) is 65.7 Å². The van der Waals surface area contributed by atoms with Crippen LogP contribution in [0.15, 0.2) is 54.6 Å². The minimum atomic E-state index is -1.58. The van der Waals surface area contributed by atoms with Crippen LogP contribution in [0.3, 0.4) is 0 Å². The van der Waals surface area contributed by atoms with E-state index in [4.69, 9.17) is 9.47 Å². The Bertz CT molecular complexity index is 903. The fourth-order valence-electron chi connectivity index (χ4n) is 2.71. The number of hydrogen-bond donors (Lipinski definition) is 2. The molecule has 2 rings (SSSR count). The van der Waals surface area contributed by atoms with E-state index >= 15 is 0 Å². The number of carbonyl (C=O) groups excluding carboxylic acids is 2. The van der Waals surface area contributed by atoms with Crippen LogP contribution >= 0.6 is 0 Å². The van der Waals surface area contributed by atoms with Gasteiger partial charge in [0, 0.05) is 12.0 Å². The Hall–Kier alpha value is -3.35. The molecule has 7 nitrogen and oxygen atoms in total. The zero-order valence-corrected chi connectivity index (χ0v) is 17.6. The maximum Gasteiger partial charge on any atom is 0.408 e. The van der Waals surface area contributed by atoms with Gasteiger partial charge in [0.2, 0.25) is 0 Å². The number of benzene rings is 2. The van der Waals surface area contributed by atoms with Crippen molar-refractivity contribution in [3.63, 3.8) is 0 Å². The lowest BCUT2D eigenvalue weighted by molar-refractivity contribution is -0.144. The minimum Gasteiger partial charge on any atom is -0.485 e. The van der Waals surface area contributed by atoms with Crippen molar-refractivity contribution in [2.45, 2.75) is 45.3 Å². The average Bonchev–Trinajstić information content (AvgIpc) is 2.65. The summed E-state index contributed by atoms with van der Waals surface area (Å²) in [6.07, 6.45) is -0.806. The third-order valence-electron chi connectivity index (χ3n) is 4.17. The highest BCUT2D eigenvalue weighted by Gasteiger charge is 2.36. The Kier molecular flexibility index (Phi) is 7.21. The first kappa shape index (κ1) is 22.9. The van der Waals surface area contributed by atoms with Gasteiger partial charge in [-0.1, -0.05) is 42.5 Å². The molecule has 1 amide bonds. The smallest absolute Gasteiger partial charge is 0.408 e. The molecule has 0 saturated heterocycles. The lowest BCUT2D eigenvalue weighted by Crippen LogP contribution is -2.54. The summed E-state index contributed by atoms with van der Waals surface area (Å²) in [5.74, 6) is -0.927. The zero-order valence-electron chi connectivity index (χ0n) is 17.6. The fourth-order valence-corrected chi connectivity index (χ4v) is 2.71. The molecule has 7 heteroatoms. The number of carboxylic acid groups (broad SMARTS) is 1. The maximum atomic E-state index is 12.2. The third-order valence-corrected chi connectivity index (χ3v) is 4.17. The molecule has 0 heterocycles. The highest BCUT2D eigenvalue weighted by atomic mass is 16.6. The van der Waals surface area contributed by atoms with Gasteiger partial charge in [0.25, 0.3) is 0 Å². The van der Waals surface area contributed by atoms with Crippen LogP contribution in [0.1, 0.15) is 43.6 Å². The van der Waals surface area contributed by atoms with E-state index in [1.807, 2.05) is 6.07 Å². The Balaban J connectivity index is 2.06. The number of nitrogens with one attached hydrogen (secondary N) is 1. The van der Waals surface area contributed by atoms with Crippen LogP contribution in [-0.2, 0) is 16.0 Å². The van der Waals surface area contributed by atoms with E-state index in [1.54, 1.807) is 69.3 Å². The summed E-state index contributed by atoms with van der Waals surface area (Å²) in [6, 6.07) is 15.6. The Morgan fingerprint density at radius 3 is 2.23 bits per heavy atom. The summed E-state index contributed by atoms with van der Waals surface area (Å²) in [7, 11) is 0. The predicted octanol–water partition coefficient (Wildman–Crippen LogP) is 3.86. The van der Waals surface area contributed by atoms with Gasteiger partial charge in [-0.05, 0) is 45.4 Å². The number of hydrogen-bond acceptors (Lipinski definition) is 5. The number of amides is 1. The second-order valence-electron chi connectivity index (χ2n) is 8.17. The van der Waals surface area contributed by atoms with Crippen LogP contribution in [0.4, 0.5) is 4.79 Å². The molecule has 0 unspecified atom stereocenters. The summed E-state index contributed by atoms with van der Waals surface area (Å²) in [6.45, 7) is 6.36. The fraction of sp³-hybridized carbons (Fsp3) is 0.348. The summed E-state index contributed by atoms with van der Waals surface area (Å²) in [5.41, 5.74) is -1.15. The lowest BCUT2D eigenvalue weighted by atomic mass is 9.93. The standard InChI is InChI=1S/C23H27NO6/c1-22(2,3)30-21(28)24-23(4,20(26)27)14-16-9-8-12-18(13-16)29-15-19(25)17-10-6-5-7-11-17/h5-13H,14-15H2,1-4H3,(H,24,28)(H,26,27)/t23-/m0/s1. The van der Waals surface area contributed by atoms with Crippen molar-refractivity contribution >= 4 is 17.8 Å². The largest absolute Gasteiger partial charge is 0.485 e. The van der Waals surface area contributed by atoms with Gasteiger partial charge in [0.05, 0.1) is 0 Å². The average molecular weight is 413 g/mol. The third kappa shape index (κ3) is 6.92. The number of Topliss-reactive ketones (excluding diaryl/α,β-unsaturated/α-hetero) is 1. The molecule has 0 aliphatic heterocycles. The van der Waals surface area contributed by atoms with Gasteiger partial charge in [0.15, 0.2) is 12.4 Å². The molecule has 0 saturated carbocycles. The van der Waals surface area contributed by atoms with E-state index in [1.165, 1.54) is 6.92 Å². The molecule has 0 bridgehead atoms. The molecule has 0 fully saturated rings. The quantitative estimate of drug-likeness (QED) is 0.637. The zero-order chi connectivity index (χ0) is 22.4. The highest BCUT2D eigenvalue weighted by molar-refractivity contribution is 5.97. The molecule has 0 aliphatic rings. The van der Waals surface area contributed by atoms with Gasteiger partial charge in [-0.25, -0.2) is 9.59 Å². The van der Waals surface area contributed by atoms with Gasteiger partial charge >= 0.3 is 12.1 Å². The van der Waals surface area contributed by atoms with Crippen molar-refractivity contribution in [2.24, 2.45) is 0 Å². The van der Waals surface area contributed by atoms with E-state index in [2.05, 4.69) is 5.32 Å². The Morgan fingerprint density at radius 2 is 1.63 bits per heavy atom. The van der Waals surface area contributed by atoms with E-state index in [0.717, 1.165) is 0 Å². The molecular weight excluding hydrogens is 386 g/mol. The van der Waals surface area contributed by atoms with Crippen LogP contribution in [0.25, 0.3) is 0 Å². The Morgan fingerprint density at radius 1 is 0.967 bits per heavy atom. The van der Waals surface area contributed by atoms with Crippen molar-refractivity contribution in [1.29, 1.82) is 0 Å². The van der Waals surface area contributed by atoms with E-state index in [-0.39, 0.29) is 18.8 Å². The molecular formula is C23H27NO6. The SMILES string of the molecule is CC(C)(C)OC(=O)N[C@@](C)(Cc1cccc(OCC(=O)c2ccccc2)c1)C(=O)O. The number of alkyl carbamates (subject to hydrolysis) is 1. The van der Waals surface area contributed by atoms with Crippen LogP contribution in [0, 0.1) is 0 Å². The molecule has 1 atom stereocenters. The summed E-state index contributed by atoms with van der Waals surface area (Å²) < 4.78 is 10.8. The van der Waals surface area contributed by atoms with Crippen molar-refractivity contribution in [3.8, 4) is 5.75 Å². The van der Waals surface area contributed by atoms with Gasteiger partial charge in [-0.15, -0.1) is 0 Å². The first-order valence-electron chi connectivity index (χ1n) is 9.53. The van der Waals surface area contributed by atoms with E-state index < -0.39 is 23.2 Å². The lowest BCUT2D eigenvalue weighted by Gasteiger charge is -2.28. The number of aliphatic carboxylic acids is 1. The Labute approximate surface area is 176 Å². The monoisotopic (exact) mass is 413 g/mol. The van der Waals surface area contributed by atoms with Gasteiger partial charge in [-0.2, -0.15) is 0 Å². The van der Waals surface area contributed by atoms with Crippen molar-refractivity contribution in [1.82, 2.24) is 5.32 Å². The van der Waals surface area contributed by atoms with Crippen LogP contribution in [-0.4, -0.2) is 40.7 Å². The second kappa shape index (κ2) is 9.43. The molecule has 2 N–H and O–H groups in total. The normalized spacial score (nSPS) is 13.1. The number of carboxylic acids is 1. The van der Waals surface area contributed by atoms with Gasteiger partial charge < -0.3 is 19.9 Å². The van der Waals surface area contributed by atoms with Gasteiger partial charge in [-0.3, -0.25) is 4.79 Å². The summed E-state index contributed by atoms with van der Waals surface area (Å²) in [5, 5.41) is 12.1. The molecule has 30 heavy (non-hydrogen) atoms. The van der Waals surface area contributed by atoms with Crippen LogP contribution in [0.2, 0.25) is 0 Å². The van der Waals surface area contributed by atoms with Crippen molar-refractivity contribution < 1.29 is 29.0 Å². The summed E-state index contributed by atoms with van der Waals surface area (Å²) in [4.78, 5) is 36.1. The maximum absolute atomic E-state index is 12.2.